The predicted octanol–water partition coefficient (Wildman–Crippen LogP) is 4.21. The molecule has 0 N–H and O–H groups in total. The summed E-state index contributed by atoms with van der Waals surface area (Å²) >= 11 is 1.38. The van der Waals surface area contributed by atoms with Gasteiger partial charge in [0.05, 0.1) is 11.6 Å². The van der Waals surface area contributed by atoms with Crippen LogP contribution in [0.3, 0.4) is 0 Å². The topological polar surface area (TPSA) is 56.3 Å². The van der Waals surface area contributed by atoms with Crippen molar-refractivity contribution in [3.63, 3.8) is 0 Å². The Morgan fingerprint density at radius 3 is 2.43 bits per heavy atom. The minimum Gasteiger partial charge on any atom is -0.461 e. The van der Waals surface area contributed by atoms with Crippen molar-refractivity contribution in [1.29, 1.82) is 0 Å². The van der Waals surface area contributed by atoms with Crippen LogP contribution in [0.4, 0.5) is 0 Å². The van der Waals surface area contributed by atoms with Gasteiger partial charge in [-0.25, -0.2) is 9.78 Å². The number of Topliss-reactive ketones (excluding diaryl/α,β-unsaturated/α-hetero) is 1. The predicted molar refractivity (Wildman–Crippen MR) is 83.1 cm³/mol. The van der Waals surface area contributed by atoms with Crippen LogP contribution in [-0.2, 0) is 4.74 Å². The van der Waals surface area contributed by atoms with Crippen LogP contribution in [0.15, 0.2) is 0 Å². The zero-order valence-electron chi connectivity index (χ0n) is 13.0. The molecule has 5 heteroatoms. The third kappa shape index (κ3) is 3.70. The number of ether oxygens (including phenoxy) is 1. The third-order valence-electron chi connectivity index (χ3n) is 4.21. The second kappa shape index (κ2) is 7.16. The number of carbonyl (C=O) groups is 2. The molecule has 0 aliphatic heterocycles. The van der Waals surface area contributed by atoms with Crippen molar-refractivity contribution < 1.29 is 14.3 Å². The van der Waals surface area contributed by atoms with Crippen molar-refractivity contribution in [3.8, 4) is 0 Å². The summed E-state index contributed by atoms with van der Waals surface area (Å²) in [6, 6.07) is 0. The second-order valence-electron chi connectivity index (χ2n) is 5.63. The lowest BCUT2D eigenvalue weighted by atomic mass is 9.81. The quantitative estimate of drug-likeness (QED) is 0.604. The zero-order chi connectivity index (χ0) is 15.4. The SMILES string of the molecule is CCOC(=O)c1nc(C2CCC(CC)CC2)sc1C(C)=O. The van der Waals surface area contributed by atoms with E-state index in [0.29, 0.717) is 17.4 Å². The lowest BCUT2D eigenvalue weighted by Gasteiger charge is -2.26. The smallest absolute Gasteiger partial charge is 0.358 e. The van der Waals surface area contributed by atoms with Crippen LogP contribution < -0.4 is 0 Å². The van der Waals surface area contributed by atoms with Crippen molar-refractivity contribution in [2.45, 2.75) is 58.8 Å². The average Bonchev–Trinajstić information content (AvgIpc) is 2.93. The van der Waals surface area contributed by atoms with Gasteiger partial charge >= 0.3 is 5.97 Å². The van der Waals surface area contributed by atoms with Gasteiger partial charge < -0.3 is 4.74 Å². The van der Waals surface area contributed by atoms with Gasteiger partial charge in [0, 0.05) is 12.8 Å². The Bertz CT molecular complexity index is 516. The van der Waals surface area contributed by atoms with Crippen LogP contribution in [0.1, 0.15) is 84.0 Å². The Morgan fingerprint density at radius 1 is 1.24 bits per heavy atom. The minimum absolute atomic E-state index is 0.107. The summed E-state index contributed by atoms with van der Waals surface area (Å²) in [5.74, 6) is 0.619. The molecular weight excluding hydrogens is 286 g/mol. The first-order chi connectivity index (χ1) is 10.1. The average molecular weight is 309 g/mol. The molecule has 0 bridgehead atoms. The minimum atomic E-state index is -0.479. The maximum atomic E-state index is 11.9. The fourth-order valence-electron chi connectivity index (χ4n) is 2.91. The fourth-order valence-corrected chi connectivity index (χ4v) is 4.02. The molecule has 0 atom stereocenters. The molecule has 1 saturated carbocycles. The van der Waals surface area contributed by atoms with E-state index in [0.717, 1.165) is 23.8 Å². The van der Waals surface area contributed by atoms with Crippen LogP contribution in [-0.4, -0.2) is 23.3 Å². The van der Waals surface area contributed by atoms with E-state index in [1.54, 1.807) is 6.92 Å². The van der Waals surface area contributed by atoms with Gasteiger partial charge in [0.25, 0.3) is 0 Å². The van der Waals surface area contributed by atoms with Crippen molar-refractivity contribution in [2.24, 2.45) is 5.92 Å². The highest BCUT2D eigenvalue weighted by Gasteiger charge is 2.28. The fraction of sp³-hybridized carbons (Fsp3) is 0.688. The Kier molecular flexibility index (Phi) is 5.51. The van der Waals surface area contributed by atoms with E-state index in [1.165, 1.54) is 37.5 Å². The molecule has 116 valence electrons. The number of rotatable bonds is 5. The molecule has 0 amide bonds. The first-order valence-corrected chi connectivity index (χ1v) is 8.57. The maximum absolute atomic E-state index is 11.9. The molecule has 0 aromatic carbocycles. The van der Waals surface area contributed by atoms with E-state index in [-0.39, 0.29) is 11.5 Å². The second-order valence-corrected chi connectivity index (χ2v) is 6.66. The van der Waals surface area contributed by atoms with Gasteiger partial charge in [-0.2, -0.15) is 0 Å². The van der Waals surface area contributed by atoms with Crippen molar-refractivity contribution in [2.75, 3.05) is 6.61 Å². The Labute approximate surface area is 129 Å². The van der Waals surface area contributed by atoms with Crippen LogP contribution in [0.5, 0.6) is 0 Å². The number of hydrogen-bond donors (Lipinski definition) is 0. The van der Waals surface area contributed by atoms with Gasteiger partial charge in [0.1, 0.15) is 4.88 Å². The Hall–Kier alpha value is -1.23. The van der Waals surface area contributed by atoms with E-state index < -0.39 is 5.97 Å². The van der Waals surface area contributed by atoms with E-state index in [4.69, 9.17) is 4.74 Å². The van der Waals surface area contributed by atoms with Gasteiger partial charge in [-0.3, -0.25) is 4.79 Å². The van der Waals surface area contributed by atoms with Gasteiger partial charge in [-0.1, -0.05) is 13.3 Å². The van der Waals surface area contributed by atoms with E-state index >= 15 is 0 Å². The number of nitrogens with zero attached hydrogens (tertiary/aromatic N) is 1. The maximum Gasteiger partial charge on any atom is 0.358 e. The number of thiazole rings is 1. The molecule has 1 aliphatic rings. The highest BCUT2D eigenvalue weighted by molar-refractivity contribution is 7.14. The number of ketones is 1. The molecule has 21 heavy (non-hydrogen) atoms. The lowest BCUT2D eigenvalue weighted by molar-refractivity contribution is 0.0517. The first kappa shape index (κ1) is 16.1. The molecule has 0 spiro atoms. The van der Waals surface area contributed by atoms with Crippen LogP contribution >= 0.6 is 11.3 Å². The molecule has 0 radical (unpaired) electrons. The highest BCUT2D eigenvalue weighted by Crippen LogP contribution is 2.39. The zero-order valence-corrected chi connectivity index (χ0v) is 13.8. The number of esters is 1. The summed E-state index contributed by atoms with van der Waals surface area (Å²) in [6.07, 6.45) is 5.87. The first-order valence-electron chi connectivity index (χ1n) is 7.75. The van der Waals surface area contributed by atoms with Crippen LogP contribution in [0, 0.1) is 5.92 Å². The normalized spacial score (nSPS) is 22.0. The summed E-state index contributed by atoms with van der Waals surface area (Å²) in [5.41, 5.74) is 0.210. The molecule has 1 heterocycles. The van der Waals surface area contributed by atoms with Crippen LogP contribution in [0.2, 0.25) is 0 Å². The van der Waals surface area contributed by atoms with Gasteiger partial charge in [0.2, 0.25) is 0 Å². The summed E-state index contributed by atoms with van der Waals surface area (Å²) < 4.78 is 5.01. The summed E-state index contributed by atoms with van der Waals surface area (Å²) in [6.45, 7) is 5.77. The largest absolute Gasteiger partial charge is 0.461 e. The number of hydrogen-bond acceptors (Lipinski definition) is 5. The molecule has 1 fully saturated rings. The summed E-state index contributed by atoms with van der Waals surface area (Å²) in [7, 11) is 0. The lowest BCUT2D eigenvalue weighted by Crippen LogP contribution is -2.13. The van der Waals surface area contributed by atoms with Gasteiger partial charge in [-0.15, -0.1) is 11.3 Å². The molecular formula is C16H23NO3S. The number of carbonyl (C=O) groups excluding carboxylic acids is 2. The summed E-state index contributed by atoms with van der Waals surface area (Å²) in [4.78, 5) is 28.6. The molecule has 0 saturated heterocycles. The Morgan fingerprint density at radius 2 is 1.90 bits per heavy atom. The Balaban J connectivity index is 2.19. The highest BCUT2D eigenvalue weighted by atomic mass is 32.1. The van der Waals surface area contributed by atoms with E-state index in [1.807, 2.05) is 0 Å². The molecule has 1 aromatic rings. The molecule has 0 unspecified atom stereocenters. The molecule has 1 aliphatic carbocycles. The van der Waals surface area contributed by atoms with Gasteiger partial charge in [0.15, 0.2) is 11.5 Å². The number of aromatic nitrogens is 1. The molecule has 4 nitrogen and oxygen atoms in total. The third-order valence-corrected chi connectivity index (χ3v) is 5.52. The van der Waals surface area contributed by atoms with Crippen LogP contribution in [0.25, 0.3) is 0 Å². The molecule has 2 rings (SSSR count). The summed E-state index contributed by atoms with van der Waals surface area (Å²) in [5, 5.41) is 0.929. The monoisotopic (exact) mass is 309 g/mol. The standard InChI is InChI=1S/C16H23NO3S/c1-4-11-6-8-12(9-7-11)15-17-13(16(19)20-5-2)14(21-15)10(3)18/h11-12H,4-9H2,1-3H3. The molecule has 1 aromatic heterocycles. The van der Waals surface area contributed by atoms with Crippen molar-refractivity contribution in [1.82, 2.24) is 4.98 Å². The van der Waals surface area contributed by atoms with Crippen molar-refractivity contribution >= 4 is 23.1 Å². The van der Waals surface area contributed by atoms with Gasteiger partial charge in [-0.05, 0) is 38.5 Å². The van der Waals surface area contributed by atoms with E-state index in [9.17, 15) is 9.59 Å². The van der Waals surface area contributed by atoms with E-state index in [2.05, 4.69) is 11.9 Å². The van der Waals surface area contributed by atoms with Crippen molar-refractivity contribution in [3.05, 3.63) is 15.6 Å².